The smallest absolute Gasteiger partial charge is 0.0486 e. The Kier molecular flexibility index (Phi) is 5.06. The summed E-state index contributed by atoms with van der Waals surface area (Å²) in [7, 11) is 4.24. The molecule has 0 spiro atoms. The van der Waals surface area contributed by atoms with Crippen LogP contribution in [0.5, 0.6) is 0 Å². The van der Waals surface area contributed by atoms with E-state index in [4.69, 9.17) is 0 Å². The standard InChI is InChI=1S/C14H23N3S/c1-15-14(13-10-17(2)9-8-16-13)11-4-6-12(18-3)7-5-11/h4-7,13-16H,8-10H2,1-3H3. The molecule has 0 bridgehead atoms. The molecule has 1 saturated heterocycles. The molecule has 0 aliphatic carbocycles. The van der Waals surface area contributed by atoms with Crippen LogP contribution in [0.2, 0.25) is 0 Å². The fraction of sp³-hybridized carbons (Fsp3) is 0.571. The quantitative estimate of drug-likeness (QED) is 0.808. The molecule has 2 unspecified atom stereocenters. The molecule has 1 aliphatic rings. The molecule has 0 amide bonds. The first-order valence-corrected chi connectivity index (χ1v) is 7.70. The van der Waals surface area contributed by atoms with Gasteiger partial charge in [0.25, 0.3) is 0 Å². The van der Waals surface area contributed by atoms with E-state index in [0.717, 1.165) is 19.6 Å². The predicted molar refractivity (Wildman–Crippen MR) is 79.3 cm³/mol. The van der Waals surface area contributed by atoms with Crippen molar-refractivity contribution in [2.24, 2.45) is 0 Å². The molecule has 1 heterocycles. The largest absolute Gasteiger partial charge is 0.312 e. The van der Waals surface area contributed by atoms with E-state index in [0.29, 0.717) is 12.1 Å². The molecule has 0 radical (unpaired) electrons. The van der Waals surface area contributed by atoms with Crippen LogP contribution >= 0.6 is 11.8 Å². The summed E-state index contributed by atoms with van der Waals surface area (Å²) in [5, 5.41) is 7.07. The monoisotopic (exact) mass is 265 g/mol. The number of thioether (sulfide) groups is 1. The maximum absolute atomic E-state index is 3.62. The minimum Gasteiger partial charge on any atom is -0.312 e. The predicted octanol–water partition coefficient (Wildman–Crippen LogP) is 1.57. The number of nitrogens with zero attached hydrogens (tertiary/aromatic N) is 1. The Hall–Kier alpha value is -0.550. The summed E-state index contributed by atoms with van der Waals surface area (Å²) in [6.45, 7) is 3.30. The molecule has 2 atom stereocenters. The lowest BCUT2D eigenvalue weighted by molar-refractivity contribution is 0.210. The SMILES string of the molecule is CNC(c1ccc(SC)cc1)C1CN(C)CCN1. The van der Waals surface area contributed by atoms with Crippen LogP contribution in [0.15, 0.2) is 29.2 Å². The average molecular weight is 265 g/mol. The molecule has 0 saturated carbocycles. The van der Waals surface area contributed by atoms with Gasteiger partial charge in [-0.1, -0.05) is 12.1 Å². The second kappa shape index (κ2) is 6.57. The third-order valence-electron chi connectivity index (χ3n) is 3.60. The fourth-order valence-electron chi connectivity index (χ4n) is 2.57. The van der Waals surface area contributed by atoms with Gasteiger partial charge in [0.15, 0.2) is 0 Å². The zero-order chi connectivity index (χ0) is 13.0. The normalized spacial score (nSPS) is 22.9. The lowest BCUT2D eigenvalue weighted by Gasteiger charge is -2.36. The van der Waals surface area contributed by atoms with Gasteiger partial charge in [0, 0.05) is 36.6 Å². The van der Waals surface area contributed by atoms with Crippen LogP contribution in [0.25, 0.3) is 0 Å². The minimum atomic E-state index is 0.378. The van der Waals surface area contributed by atoms with E-state index >= 15 is 0 Å². The van der Waals surface area contributed by atoms with Crippen molar-refractivity contribution in [1.82, 2.24) is 15.5 Å². The second-order valence-corrected chi connectivity index (χ2v) is 5.74. The molecule has 3 nitrogen and oxygen atoms in total. The number of likely N-dealkylation sites (N-methyl/N-ethyl adjacent to an activating group) is 2. The van der Waals surface area contributed by atoms with Gasteiger partial charge in [0.05, 0.1) is 0 Å². The highest BCUT2D eigenvalue weighted by atomic mass is 32.2. The van der Waals surface area contributed by atoms with E-state index in [9.17, 15) is 0 Å². The highest BCUT2D eigenvalue weighted by Gasteiger charge is 2.25. The zero-order valence-corrected chi connectivity index (χ0v) is 12.3. The van der Waals surface area contributed by atoms with Crippen LogP contribution < -0.4 is 10.6 Å². The van der Waals surface area contributed by atoms with Crippen LogP contribution in [0, 0.1) is 0 Å². The zero-order valence-electron chi connectivity index (χ0n) is 11.4. The van der Waals surface area contributed by atoms with E-state index in [-0.39, 0.29) is 0 Å². The summed E-state index contributed by atoms with van der Waals surface area (Å²) >= 11 is 1.79. The number of piperazine rings is 1. The summed E-state index contributed by atoms with van der Waals surface area (Å²) in [6.07, 6.45) is 2.11. The van der Waals surface area contributed by atoms with Crippen molar-refractivity contribution < 1.29 is 0 Å². The van der Waals surface area contributed by atoms with Crippen LogP contribution in [-0.2, 0) is 0 Å². The van der Waals surface area contributed by atoms with E-state index in [2.05, 4.69) is 53.1 Å². The van der Waals surface area contributed by atoms with Crippen molar-refractivity contribution in [3.8, 4) is 0 Å². The molecule has 2 rings (SSSR count). The van der Waals surface area contributed by atoms with Gasteiger partial charge in [-0.05, 0) is 38.0 Å². The number of benzene rings is 1. The van der Waals surface area contributed by atoms with Crippen LogP contribution in [0.4, 0.5) is 0 Å². The van der Waals surface area contributed by atoms with Gasteiger partial charge >= 0.3 is 0 Å². The summed E-state index contributed by atoms with van der Waals surface area (Å²) in [5.41, 5.74) is 1.36. The van der Waals surface area contributed by atoms with Gasteiger partial charge in [0.2, 0.25) is 0 Å². The third kappa shape index (κ3) is 3.26. The van der Waals surface area contributed by atoms with Crippen LogP contribution in [0.1, 0.15) is 11.6 Å². The molecule has 1 aliphatic heterocycles. The second-order valence-electron chi connectivity index (χ2n) is 4.86. The van der Waals surface area contributed by atoms with Crippen molar-refractivity contribution >= 4 is 11.8 Å². The van der Waals surface area contributed by atoms with Gasteiger partial charge in [-0.15, -0.1) is 11.8 Å². The molecule has 100 valence electrons. The van der Waals surface area contributed by atoms with Gasteiger partial charge in [-0.25, -0.2) is 0 Å². The topological polar surface area (TPSA) is 27.3 Å². The minimum absolute atomic E-state index is 0.378. The van der Waals surface area contributed by atoms with Gasteiger partial charge in [-0.2, -0.15) is 0 Å². The Bertz CT molecular complexity index is 366. The molecule has 18 heavy (non-hydrogen) atoms. The summed E-state index contributed by atoms with van der Waals surface area (Å²) in [4.78, 5) is 3.71. The first-order valence-electron chi connectivity index (χ1n) is 6.47. The molecular formula is C14H23N3S. The maximum Gasteiger partial charge on any atom is 0.0486 e. The highest BCUT2D eigenvalue weighted by molar-refractivity contribution is 7.98. The van der Waals surface area contributed by atoms with E-state index < -0.39 is 0 Å². The van der Waals surface area contributed by atoms with Gasteiger partial charge in [0.1, 0.15) is 0 Å². The molecular weight excluding hydrogens is 242 g/mol. The number of hydrogen-bond acceptors (Lipinski definition) is 4. The lowest BCUT2D eigenvalue weighted by atomic mass is 9.98. The Morgan fingerprint density at radius 2 is 2.11 bits per heavy atom. The third-order valence-corrected chi connectivity index (χ3v) is 4.34. The van der Waals surface area contributed by atoms with E-state index in [1.807, 2.05) is 7.05 Å². The summed E-state index contributed by atoms with van der Waals surface area (Å²) < 4.78 is 0. The first kappa shape index (κ1) is 13.9. The lowest BCUT2D eigenvalue weighted by Crippen LogP contribution is -2.54. The van der Waals surface area contributed by atoms with Crippen molar-refractivity contribution in [3.63, 3.8) is 0 Å². The first-order chi connectivity index (χ1) is 8.74. The molecule has 1 aromatic carbocycles. The van der Waals surface area contributed by atoms with Crippen molar-refractivity contribution in [1.29, 1.82) is 0 Å². The molecule has 0 aromatic heterocycles. The van der Waals surface area contributed by atoms with Crippen molar-refractivity contribution in [3.05, 3.63) is 29.8 Å². The van der Waals surface area contributed by atoms with Crippen molar-refractivity contribution in [2.75, 3.05) is 40.0 Å². The van der Waals surface area contributed by atoms with Crippen LogP contribution in [-0.4, -0.2) is 50.9 Å². The Morgan fingerprint density at radius 1 is 1.39 bits per heavy atom. The van der Waals surface area contributed by atoms with E-state index in [1.54, 1.807) is 11.8 Å². The van der Waals surface area contributed by atoms with Gasteiger partial charge < -0.3 is 15.5 Å². The number of hydrogen-bond donors (Lipinski definition) is 2. The highest BCUT2D eigenvalue weighted by Crippen LogP contribution is 2.22. The summed E-state index contributed by atoms with van der Waals surface area (Å²) in [6, 6.07) is 9.75. The van der Waals surface area contributed by atoms with E-state index in [1.165, 1.54) is 10.5 Å². The van der Waals surface area contributed by atoms with Gasteiger partial charge in [-0.3, -0.25) is 0 Å². The Labute approximate surface area is 114 Å². The van der Waals surface area contributed by atoms with Crippen LogP contribution in [0.3, 0.4) is 0 Å². The molecule has 1 aromatic rings. The molecule has 2 N–H and O–H groups in total. The van der Waals surface area contributed by atoms with Crippen molar-refractivity contribution in [2.45, 2.75) is 17.0 Å². The summed E-state index contributed by atoms with van der Waals surface area (Å²) in [5.74, 6) is 0. The fourth-order valence-corrected chi connectivity index (χ4v) is 2.98. The molecule has 4 heteroatoms. The number of nitrogens with one attached hydrogen (secondary N) is 2. The Balaban J connectivity index is 2.11. The maximum atomic E-state index is 3.62. The average Bonchev–Trinajstić information content (AvgIpc) is 2.40. The Morgan fingerprint density at radius 3 is 2.67 bits per heavy atom. The number of rotatable bonds is 4. The molecule has 1 fully saturated rings.